The van der Waals surface area contributed by atoms with E-state index in [1.165, 1.54) is 29.8 Å². The van der Waals surface area contributed by atoms with Gasteiger partial charge in [-0.2, -0.15) is 0 Å². The molecular weight excluding hydrogens is 488 g/mol. The SMILES string of the molecule is O=C(O)CCCCc1nc2cc(C(=O)N[C@@H]3CCCc4ccccc43)c(F)cc2nc1-c1ccc(F)cc1. The first kappa shape index (κ1) is 25.4. The lowest BCUT2D eigenvalue weighted by Crippen LogP contribution is -2.31. The number of nitrogens with one attached hydrogen (secondary N) is 1. The first-order valence-electron chi connectivity index (χ1n) is 12.8. The molecule has 1 aliphatic carbocycles. The van der Waals surface area contributed by atoms with Crippen molar-refractivity contribution in [1.82, 2.24) is 15.3 Å². The van der Waals surface area contributed by atoms with E-state index in [0.717, 1.165) is 24.8 Å². The number of carbonyl (C=O) groups is 2. The standard InChI is InChI=1S/C30H27F2N3O3/c31-20-14-12-19(13-15-20)29-25(9-3-4-11-28(36)37)33-26-16-22(23(32)17-27(26)34-29)30(38)35-24-10-5-7-18-6-1-2-8-21(18)24/h1-2,6,8,12-17,24H,3-5,7,9-11H2,(H,35,38)(H,36,37)/t24-/m1/s1. The molecule has 2 N–H and O–H groups in total. The third-order valence-electron chi connectivity index (χ3n) is 6.92. The second-order valence-electron chi connectivity index (χ2n) is 9.56. The number of aromatic nitrogens is 2. The molecule has 0 fully saturated rings. The predicted octanol–water partition coefficient (Wildman–Crippen LogP) is 6.18. The second-order valence-corrected chi connectivity index (χ2v) is 9.56. The number of nitrogens with zero attached hydrogens (tertiary/aromatic N) is 2. The Morgan fingerprint density at radius 3 is 2.53 bits per heavy atom. The minimum atomic E-state index is -0.875. The lowest BCUT2D eigenvalue weighted by Gasteiger charge is -2.26. The Morgan fingerprint density at radius 1 is 0.974 bits per heavy atom. The summed E-state index contributed by atoms with van der Waals surface area (Å²) in [5, 5.41) is 11.9. The summed E-state index contributed by atoms with van der Waals surface area (Å²) < 4.78 is 28.7. The van der Waals surface area contributed by atoms with E-state index in [9.17, 15) is 14.0 Å². The molecule has 0 spiro atoms. The highest BCUT2D eigenvalue weighted by atomic mass is 19.1. The van der Waals surface area contributed by atoms with E-state index in [1.807, 2.05) is 18.2 Å². The minimum absolute atomic E-state index is 0.0344. The molecule has 0 saturated heterocycles. The maximum Gasteiger partial charge on any atom is 0.303 e. The van der Waals surface area contributed by atoms with Crippen LogP contribution in [-0.4, -0.2) is 27.0 Å². The van der Waals surface area contributed by atoms with Gasteiger partial charge in [0.15, 0.2) is 0 Å². The van der Waals surface area contributed by atoms with Crippen molar-refractivity contribution in [3.05, 3.63) is 94.7 Å². The molecule has 1 heterocycles. The van der Waals surface area contributed by atoms with E-state index < -0.39 is 23.5 Å². The average molecular weight is 516 g/mol. The summed E-state index contributed by atoms with van der Waals surface area (Å²) in [6.45, 7) is 0. The Labute approximate surface area is 218 Å². The van der Waals surface area contributed by atoms with Gasteiger partial charge in [-0.25, -0.2) is 18.7 Å². The van der Waals surface area contributed by atoms with Gasteiger partial charge >= 0.3 is 5.97 Å². The number of aliphatic carboxylic acids is 1. The smallest absolute Gasteiger partial charge is 0.303 e. The van der Waals surface area contributed by atoms with E-state index in [1.54, 1.807) is 12.1 Å². The summed E-state index contributed by atoms with van der Waals surface area (Å²) in [4.78, 5) is 33.4. The molecule has 6 nitrogen and oxygen atoms in total. The number of amides is 1. The molecule has 1 atom stereocenters. The lowest BCUT2D eigenvalue weighted by molar-refractivity contribution is -0.137. The summed E-state index contributed by atoms with van der Waals surface area (Å²) in [6, 6.07) is 16.2. The number of rotatable bonds is 8. The minimum Gasteiger partial charge on any atom is -0.481 e. The normalized spacial score (nSPS) is 14.7. The quantitative estimate of drug-likeness (QED) is 0.274. The molecule has 1 amide bonds. The van der Waals surface area contributed by atoms with Gasteiger partial charge in [-0.1, -0.05) is 24.3 Å². The fourth-order valence-electron chi connectivity index (χ4n) is 5.01. The van der Waals surface area contributed by atoms with Gasteiger partial charge < -0.3 is 10.4 Å². The van der Waals surface area contributed by atoms with Crippen molar-refractivity contribution in [2.75, 3.05) is 0 Å². The van der Waals surface area contributed by atoms with Crippen molar-refractivity contribution in [3.8, 4) is 11.3 Å². The van der Waals surface area contributed by atoms with Crippen LogP contribution in [0.3, 0.4) is 0 Å². The van der Waals surface area contributed by atoms with Crippen LogP contribution in [0.1, 0.15) is 65.3 Å². The van der Waals surface area contributed by atoms with Crippen LogP contribution in [0.2, 0.25) is 0 Å². The number of carboxylic acid groups (broad SMARTS) is 1. The van der Waals surface area contributed by atoms with E-state index in [4.69, 9.17) is 10.1 Å². The molecular formula is C30H27F2N3O3. The van der Waals surface area contributed by atoms with Gasteiger partial charge in [-0.3, -0.25) is 9.59 Å². The summed E-state index contributed by atoms with van der Waals surface area (Å²) in [5.74, 6) is -2.49. The van der Waals surface area contributed by atoms with E-state index in [-0.39, 0.29) is 23.5 Å². The van der Waals surface area contributed by atoms with E-state index in [0.29, 0.717) is 41.7 Å². The van der Waals surface area contributed by atoms with Crippen LogP contribution >= 0.6 is 0 Å². The van der Waals surface area contributed by atoms with Crippen LogP contribution in [0.25, 0.3) is 22.3 Å². The molecule has 5 rings (SSSR count). The number of carboxylic acids is 1. The molecule has 0 radical (unpaired) electrons. The molecule has 0 aliphatic heterocycles. The van der Waals surface area contributed by atoms with Crippen LogP contribution in [-0.2, 0) is 17.6 Å². The molecule has 0 bridgehead atoms. The third kappa shape index (κ3) is 5.54. The van der Waals surface area contributed by atoms with Crippen molar-refractivity contribution >= 4 is 22.9 Å². The summed E-state index contributed by atoms with van der Waals surface area (Å²) in [5.41, 5.74) is 4.44. The number of unbranched alkanes of at least 4 members (excludes halogenated alkanes) is 1. The van der Waals surface area contributed by atoms with Crippen molar-refractivity contribution in [2.24, 2.45) is 0 Å². The Morgan fingerprint density at radius 2 is 1.74 bits per heavy atom. The number of halogens is 2. The zero-order valence-corrected chi connectivity index (χ0v) is 20.7. The van der Waals surface area contributed by atoms with Crippen LogP contribution in [0, 0.1) is 11.6 Å². The van der Waals surface area contributed by atoms with Gasteiger partial charge in [0.1, 0.15) is 11.6 Å². The number of hydrogen-bond acceptors (Lipinski definition) is 4. The van der Waals surface area contributed by atoms with Gasteiger partial charge in [0.2, 0.25) is 0 Å². The summed E-state index contributed by atoms with van der Waals surface area (Å²) in [6.07, 6.45) is 4.14. The highest BCUT2D eigenvalue weighted by Crippen LogP contribution is 2.31. The molecule has 0 saturated carbocycles. The van der Waals surface area contributed by atoms with Crippen LogP contribution < -0.4 is 5.32 Å². The maximum atomic E-state index is 15.2. The molecule has 0 unspecified atom stereocenters. The monoisotopic (exact) mass is 515 g/mol. The van der Waals surface area contributed by atoms with Crippen LogP contribution in [0.4, 0.5) is 8.78 Å². The molecule has 1 aliphatic rings. The van der Waals surface area contributed by atoms with Gasteiger partial charge in [0.25, 0.3) is 5.91 Å². The van der Waals surface area contributed by atoms with E-state index >= 15 is 4.39 Å². The Balaban J connectivity index is 1.47. The van der Waals surface area contributed by atoms with E-state index in [2.05, 4.69) is 16.4 Å². The molecule has 194 valence electrons. The maximum absolute atomic E-state index is 15.2. The predicted molar refractivity (Wildman–Crippen MR) is 140 cm³/mol. The third-order valence-corrected chi connectivity index (χ3v) is 6.92. The highest BCUT2D eigenvalue weighted by Gasteiger charge is 2.24. The summed E-state index contributed by atoms with van der Waals surface area (Å²) >= 11 is 0. The lowest BCUT2D eigenvalue weighted by atomic mass is 9.87. The number of hydrogen-bond donors (Lipinski definition) is 2. The number of fused-ring (bicyclic) bond motifs is 2. The highest BCUT2D eigenvalue weighted by molar-refractivity contribution is 5.98. The van der Waals surface area contributed by atoms with Crippen LogP contribution in [0.15, 0.2) is 60.7 Å². The number of carbonyl (C=O) groups excluding carboxylic acids is 1. The first-order chi connectivity index (χ1) is 18.4. The molecule has 4 aromatic rings. The van der Waals surface area contributed by atoms with Crippen molar-refractivity contribution < 1.29 is 23.5 Å². The van der Waals surface area contributed by atoms with Crippen molar-refractivity contribution in [1.29, 1.82) is 0 Å². The van der Waals surface area contributed by atoms with Crippen molar-refractivity contribution in [2.45, 2.75) is 51.0 Å². The van der Waals surface area contributed by atoms with Crippen molar-refractivity contribution in [3.63, 3.8) is 0 Å². The fraction of sp³-hybridized carbons (Fsp3) is 0.267. The topological polar surface area (TPSA) is 92.2 Å². The first-order valence-corrected chi connectivity index (χ1v) is 12.8. The van der Waals surface area contributed by atoms with Gasteiger partial charge in [0, 0.05) is 18.1 Å². The molecule has 1 aromatic heterocycles. The fourth-order valence-corrected chi connectivity index (χ4v) is 5.01. The molecule has 8 heteroatoms. The van der Waals surface area contributed by atoms with Gasteiger partial charge in [-0.05, 0) is 80.0 Å². The average Bonchev–Trinajstić information content (AvgIpc) is 2.91. The Hall–Kier alpha value is -4.20. The zero-order valence-electron chi connectivity index (χ0n) is 20.7. The Bertz CT molecular complexity index is 1510. The largest absolute Gasteiger partial charge is 0.481 e. The molecule has 38 heavy (non-hydrogen) atoms. The summed E-state index contributed by atoms with van der Waals surface area (Å²) in [7, 11) is 0. The second kappa shape index (κ2) is 11.0. The number of aryl methyl sites for hydroxylation is 2. The zero-order chi connectivity index (χ0) is 26.6. The van der Waals surface area contributed by atoms with Crippen LogP contribution in [0.5, 0.6) is 0 Å². The Kier molecular flexibility index (Phi) is 7.40. The van der Waals surface area contributed by atoms with Gasteiger partial charge in [-0.15, -0.1) is 0 Å². The molecule has 3 aromatic carbocycles. The number of benzene rings is 3. The van der Waals surface area contributed by atoms with Gasteiger partial charge in [0.05, 0.1) is 34.0 Å².